The summed E-state index contributed by atoms with van der Waals surface area (Å²) >= 11 is 5.62. The van der Waals surface area contributed by atoms with E-state index in [1.54, 1.807) is 12.1 Å². The van der Waals surface area contributed by atoms with Crippen LogP contribution in [0, 0.1) is 10.6 Å². The van der Waals surface area contributed by atoms with Crippen LogP contribution in [0.4, 0.5) is 10.1 Å². The lowest BCUT2D eigenvalue weighted by atomic mass is 10.1. The Hall–Kier alpha value is -2.51. The third kappa shape index (κ3) is 3.36. The van der Waals surface area contributed by atoms with E-state index in [1.807, 2.05) is 28.6 Å². The van der Waals surface area contributed by atoms with Crippen LogP contribution in [0.1, 0.15) is 17.3 Å². The van der Waals surface area contributed by atoms with Crippen molar-refractivity contribution in [3.05, 3.63) is 58.6 Å². The number of halogens is 1. The highest BCUT2D eigenvalue weighted by atomic mass is 32.1. The van der Waals surface area contributed by atoms with Crippen LogP contribution in [-0.4, -0.2) is 46.0 Å². The first-order chi connectivity index (χ1) is 13.5. The number of carbonyl (C=O) groups is 1. The smallest absolute Gasteiger partial charge is 0.181 e. The lowest BCUT2D eigenvalue weighted by Crippen LogP contribution is -2.47. The van der Waals surface area contributed by atoms with Crippen molar-refractivity contribution in [3.8, 4) is 0 Å². The monoisotopic (exact) mass is 398 g/mol. The molecular formula is C21H23FN4OS. The Bertz CT molecular complexity index is 1100. The Morgan fingerprint density at radius 3 is 2.39 bits per heavy atom. The molecule has 0 N–H and O–H groups in total. The van der Waals surface area contributed by atoms with Crippen LogP contribution < -0.4 is 4.90 Å². The summed E-state index contributed by atoms with van der Waals surface area (Å²) in [6.07, 6.45) is 0. The van der Waals surface area contributed by atoms with Gasteiger partial charge in [0.25, 0.3) is 0 Å². The number of hydrogen-bond acceptors (Lipinski definition) is 4. The fourth-order valence-electron chi connectivity index (χ4n) is 3.81. The summed E-state index contributed by atoms with van der Waals surface area (Å²) in [4.78, 5) is 15.8. The molecule has 0 unspecified atom stereocenters. The summed E-state index contributed by atoms with van der Waals surface area (Å²) in [7, 11) is 1.99. The van der Waals surface area contributed by atoms with E-state index < -0.39 is 0 Å². The third-order valence-corrected chi connectivity index (χ3v) is 5.95. The second kappa shape index (κ2) is 7.48. The summed E-state index contributed by atoms with van der Waals surface area (Å²) in [6, 6.07) is 13.0. The summed E-state index contributed by atoms with van der Waals surface area (Å²) in [5.74, 6) is -0.459. The number of hydrogen-bond donors (Lipinski definition) is 0. The summed E-state index contributed by atoms with van der Waals surface area (Å²) in [6.45, 7) is 5.27. The fraction of sp³-hybridized carbons (Fsp3) is 0.333. The van der Waals surface area contributed by atoms with Gasteiger partial charge in [0.1, 0.15) is 5.82 Å². The number of benzene rings is 2. The molecule has 0 aliphatic carbocycles. The van der Waals surface area contributed by atoms with Crippen molar-refractivity contribution in [2.45, 2.75) is 13.6 Å². The SMILES string of the molecule is CC(=O)c1ccc(N2CCN(Cn3c(=S)n(C)c4ccccc43)CC2)c(F)c1. The number of fused-ring (bicyclic) bond motifs is 1. The Kier molecular flexibility index (Phi) is 5.03. The van der Waals surface area contributed by atoms with E-state index in [0.29, 0.717) is 11.3 Å². The van der Waals surface area contributed by atoms with E-state index in [9.17, 15) is 9.18 Å². The first-order valence-electron chi connectivity index (χ1n) is 9.38. The molecule has 1 fully saturated rings. The fourth-order valence-corrected chi connectivity index (χ4v) is 4.07. The van der Waals surface area contributed by atoms with E-state index in [4.69, 9.17) is 12.2 Å². The van der Waals surface area contributed by atoms with Crippen molar-refractivity contribution in [3.63, 3.8) is 0 Å². The van der Waals surface area contributed by atoms with Crippen LogP contribution in [0.25, 0.3) is 11.0 Å². The molecule has 1 saturated heterocycles. The number of imidazole rings is 1. The largest absolute Gasteiger partial charge is 0.367 e. The van der Waals surface area contributed by atoms with Crippen molar-refractivity contribution in [1.29, 1.82) is 0 Å². The first kappa shape index (κ1) is 18.8. The number of anilines is 1. The molecule has 5 nitrogen and oxygen atoms in total. The molecule has 0 saturated carbocycles. The van der Waals surface area contributed by atoms with Gasteiger partial charge in [0.2, 0.25) is 0 Å². The highest BCUT2D eigenvalue weighted by molar-refractivity contribution is 7.71. The molecule has 4 rings (SSSR count). The standard InChI is InChI=1S/C21H23FN4OS/c1-15(27)16-7-8-18(17(22)13-16)25-11-9-24(10-12-25)14-26-20-6-4-3-5-19(20)23(2)21(26)28/h3-8,13H,9-12,14H2,1-2H3. The summed E-state index contributed by atoms with van der Waals surface area (Å²) in [5.41, 5.74) is 3.22. The summed E-state index contributed by atoms with van der Waals surface area (Å²) < 4.78 is 19.4. The molecular weight excluding hydrogens is 375 g/mol. The number of para-hydroxylation sites is 2. The maximum atomic E-state index is 14.4. The van der Waals surface area contributed by atoms with Gasteiger partial charge in [-0.15, -0.1) is 0 Å². The van der Waals surface area contributed by atoms with Crippen molar-refractivity contribution in [2.75, 3.05) is 31.1 Å². The Morgan fingerprint density at radius 2 is 1.75 bits per heavy atom. The maximum Gasteiger partial charge on any atom is 0.181 e. The van der Waals surface area contributed by atoms with Gasteiger partial charge in [-0.05, 0) is 49.5 Å². The molecule has 28 heavy (non-hydrogen) atoms. The van der Waals surface area contributed by atoms with Gasteiger partial charge in [-0.2, -0.15) is 0 Å². The molecule has 0 amide bonds. The quantitative estimate of drug-likeness (QED) is 0.494. The van der Waals surface area contributed by atoms with Crippen LogP contribution >= 0.6 is 12.2 Å². The van der Waals surface area contributed by atoms with Crippen LogP contribution in [0.3, 0.4) is 0 Å². The van der Waals surface area contributed by atoms with Crippen molar-refractivity contribution in [1.82, 2.24) is 14.0 Å². The minimum absolute atomic E-state index is 0.123. The molecule has 2 heterocycles. The predicted octanol–water partition coefficient (Wildman–Crippen LogP) is 3.83. The Morgan fingerprint density at radius 1 is 1.07 bits per heavy atom. The maximum absolute atomic E-state index is 14.4. The minimum Gasteiger partial charge on any atom is -0.367 e. The minimum atomic E-state index is -0.336. The lowest BCUT2D eigenvalue weighted by Gasteiger charge is -2.36. The molecule has 1 aliphatic rings. The number of ketones is 1. The zero-order chi connectivity index (χ0) is 19.8. The topological polar surface area (TPSA) is 33.4 Å². The number of piperazine rings is 1. The van der Waals surface area contributed by atoms with Crippen LogP contribution in [0.15, 0.2) is 42.5 Å². The van der Waals surface area contributed by atoms with Gasteiger partial charge in [0.05, 0.1) is 23.4 Å². The second-order valence-corrected chi connectivity index (χ2v) is 7.59. The van der Waals surface area contributed by atoms with Gasteiger partial charge in [-0.25, -0.2) is 4.39 Å². The van der Waals surface area contributed by atoms with E-state index in [0.717, 1.165) is 48.7 Å². The van der Waals surface area contributed by atoms with Gasteiger partial charge in [-0.3, -0.25) is 9.69 Å². The van der Waals surface area contributed by atoms with Crippen LogP contribution in [0.5, 0.6) is 0 Å². The van der Waals surface area contributed by atoms with Crippen LogP contribution in [-0.2, 0) is 13.7 Å². The van der Waals surface area contributed by atoms with Gasteiger partial charge >= 0.3 is 0 Å². The lowest BCUT2D eigenvalue weighted by molar-refractivity contribution is 0.101. The van der Waals surface area contributed by atoms with Gasteiger partial charge in [0.15, 0.2) is 10.6 Å². The number of aromatic nitrogens is 2. The number of carbonyl (C=O) groups excluding carboxylic acids is 1. The molecule has 1 aliphatic heterocycles. The Balaban J connectivity index is 1.48. The van der Waals surface area contributed by atoms with Crippen LogP contribution in [0.2, 0.25) is 0 Å². The number of Topliss-reactive ketones (excluding diaryl/α,β-unsaturated/α-hetero) is 1. The molecule has 146 valence electrons. The molecule has 0 radical (unpaired) electrons. The van der Waals surface area contributed by atoms with Crippen molar-refractivity contribution in [2.24, 2.45) is 7.05 Å². The highest BCUT2D eigenvalue weighted by Crippen LogP contribution is 2.23. The molecule has 3 aromatic rings. The zero-order valence-electron chi connectivity index (χ0n) is 16.1. The number of nitrogens with zero attached hydrogens (tertiary/aromatic N) is 4. The third-order valence-electron chi connectivity index (χ3n) is 5.46. The average Bonchev–Trinajstić information content (AvgIpc) is 2.94. The first-order valence-corrected chi connectivity index (χ1v) is 9.78. The number of rotatable bonds is 4. The molecule has 1 aromatic heterocycles. The van der Waals surface area contributed by atoms with E-state index in [-0.39, 0.29) is 11.6 Å². The number of aryl methyl sites for hydroxylation is 1. The zero-order valence-corrected chi connectivity index (χ0v) is 16.9. The molecule has 2 aromatic carbocycles. The second-order valence-electron chi connectivity index (χ2n) is 7.23. The highest BCUT2D eigenvalue weighted by Gasteiger charge is 2.21. The van der Waals surface area contributed by atoms with Gasteiger partial charge in [0, 0.05) is 38.8 Å². The van der Waals surface area contributed by atoms with E-state index in [1.165, 1.54) is 13.0 Å². The predicted molar refractivity (Wildman–Crippen MR) is 112 cm³/mol. The molecule has 7 heteroatoms. The average molecular weight is 399 g/mol. The molecule has 0 spiro atoms. The van der Waals surface area contributed by atoms with Gasteiger partial charge < -0.3 is 14.0 Å². The van der Waals surface area contributed by atoms with E-state index in [2.05, 4.69) is 21.6 Å². The molecule has 0 bridgehead atoms. The molecule has 0 atom stereocenters. The van der Waals surface area contributed by atoms with Gasteiger partial charge in [-0.1, -0.05) is 12.1 Å². The normalized spacial score (nSPS) is 15.3. The van der Waals surface area contributed by atoms with Crippen molar-refractivity contribution >= 4 is 34.7 Å². The summed E-state index contributed by atoms with van der Waals surface area (Å²) in [5, 5.41) is 0. The van der Waals surface area contributed by atoms with Crippen molar-refractivity contribution < 1.29 is 9.18 Å². The Labute approximate surface area is 168 Å². The van der Waals surface area contributed by atoms with E-state index >= 15 is 0 Å².